The first kappa shape index (κ1) is 14.1. The largest absolute Gasteiger partial charge is 0.345 e. The molecule has 20 heavy (non-hydrogen) atoms. The Hall–Kier alpha value is -2.30. The first-order chi connectivity index (χ1) is 9.49. The van der Waals surface area contributed by atoms with Gasteiger partial charge in [-0.3, -0.25) is 4.79 Å². The lowest BCUT2D eigenvalue weighted by Crippen LogP contribution is -2.28. The summed E-state index contributed by atoms with van der Waals surface area (Å²) in [5.74, 6) is -2.76. The Morgan fingerprint density at radius 1 is 1.05 bits per heavy atom. The molecular formula is C15H12F3NO. The predicted molar refractivity (Wildman–Crippen MR) is 68.6 cm³/mol. The smallest absolute Gasteiger partial charge is 0.254 e. The van der Waals surface area contributed by atoms with Crippen LogP contribution in [0.25, 0.3) is 0 Å². The van der Waals surface area contributed by atoms with Crippen molar-refractivity contribution >= 4 is 5.91 Å². The van der Waals surface area contributed by atoms with Crippen LogP contribution in [0.5, 0.6) is 0 Å². The summed E-state index contributed by atoms with van der Waals surface area (Å²) >= 11 is 0. The van der Waals surface area contributed by atoms with E-state index in [9.17, 15) is 18.0 Å². The van der Waals surface area contributed by atoms with Crippen LogP contribution < -0.4 is 5.32 Å². The van der Waals surface area contributed by atoms with Crippen molar-refractivity contribution in [1.29, 1.82) is 0 Å². The third-order valence-corrected chi connectivity index (χ3v) is 2.90. The van der Waals surface area contributed by atoms with Crippen LogP contribution in [0.1, 0.15) is 28.9 Å². The minimum absolute atomic E-state index is 0.123. The van der Waals surface area contributed by atoms with Crippen LogP contribution in [0, 0.1) is 17.5 Å². The fraction of sp³-hybridized carbons (Fsp3) is 0.133. The van der Waals surface area contributed by atoms with Gasteiger partial charge in [-0.2, -0.15) is 0 Å². The van der Waals surface area contributed by atoms with Gasteiger partial charge in [-0.1, -0.05) is 18.2 Å². The van der Waals surface area contributed by atoms with Crippen LogP contribution >= 0.6 is 0 Å². The van der Waals surface area contributed by atoms with E-state index in [4.69, 9.17) is 0 Å². The number of carbonyl (C=O) groups excluding carboxylic acids is 1. The van der Waals surface area contributed by atoms with Crippen LogP contribution in [0.3, 0.4) is 0 Å². The minimum Gasteiger partial charge on any atom is -0.345 e. The van der Waals surface area contributed by atoms with Crippen LogP contribution in [0.4, 0.5) is 13.2 Å². The summed E-state index contributed by atoms with van der Waals surface area (Å²) in [6.45, 7) is 1.54. The normalized spacial score (nSPS) is 12.0. The Labute approximate surface area is 114 Å². The maximum absolute atomic E-state index is 13.6. The third kappa shape index (κ3) is 2.99. The molecule has 2 rings (SSSR count). The predicted octanol–water partition coefficient (Wildman–Crippen LogP) is 3.59. The molecule has 1 N–H and O–H groups in total. The van der Waals surface area contributed by atoms with E-state index >= 15 is 0 Å². The molecule has 0 aliphatic carbocycles. The van der Waals surface area contributed by atoms with Gasteiger partial charge >= 0.3 is 0 Å². The molecule has 2 nitrogen and oxygen atoms in total. The van der Waals surface area contributed by atoms with Crippen molar-refractivity contribution < 1.29 is 18.0 Å². The summed E-state index contributed by atoms with van der Waals surface area (Å²) in [5.41, 5.74) is 0.0120. The van der Waals surface area contributed by atoms with Crippen molar-refractivity contribution in [2.75, 3.05) is 0 Å². The van der Waals surface area contributed by atoms with Crippen molar-refractivity contribution in [3.63, 3.8) is 0 Å². The number of benzene rings is 2. The SMILES string of the molecule is C[C@@H](NC(=O)c1ccccc1F)c1ccc(F)cc1F. The molecule has 0 unspecified atom stereocenters. The highest BCUT2D eigenvalue weighted by Crippen LogP contribution is 2.18. The average molecular weight is 279 g/mol. The topological polar surface area (TPSA) is 29.1 Å². The first-order valence-corrected chi connectivity index (χ1v) is 5.99. The Morgan fingerprint density at radius 3 is 2.40 bits per heavy atom. The van der Waals surface area contributed by atoms with E-state index in [1.807, 2.05) is 0 Å². The van der Waals surface area contributed by atoms with Gasteiger partial charge in [0.05, 0.1) is 11.6 Å². The van der Waals surface area contributed by atoms with Gasteiger partial charge in [0.15, 0.2) is 0 Å². The van der Waals surface area contributed by atoms with Gasteiger partial charge in [-0.25, -0.2) is 13.2 Å². The number of rotatable bonds is 3. The second-order valence-corrected chi connectivity index (χ2v) is 4.34. The van der Waals surface area contributed by atoms with Gasteiger partial charge in [0.1, 0.15) is 17.5 Å². The van der Waals surface area contributed by atoms with E-state index in [0.29, 0.717) is 0 Å². The number of nitrogens with one attached hydrogen (secondary N) is 1. The molecule has 0 aliphatic heterocycles. The summed E-state index contributed by atoms with van der Waals surface area (Å²) in [7, 11) is 0. The Morgan fingerprint density at radius 2 is 1.75 bits per heavy atom. The molecule has 0 bridgehead atoms. The average Bonchev–Trinajstić information content (AvgIpc) is 2.38. The number of carbonyl (C=O) groups is 1. The summed E-state index contributed by atoms with van der Waals surface area (Å²) in [6.07, 6.45) is 0. The number of halogens is 3. The van der Waals surface area contributed by atoms with E-state index in [2.05, 4.69) is 5.32 Å². The van der Waals surface area contributed by atoms with Gasteiger partial charge < -0.3 is 5.32 Å². The zero-order valence-electron chi connectivity index (χ0n) is 10.7. The number of hydrogen-bond acceptors (Lipinski definition) is 1. The van der Waals surface area contributed by atoms with Gasteiger partial charge in [0.2, 0.25) is 0 Å². The standard InChI is InChI=1S/C15H12F3NO/c1-9(11-7-6-10(16)8-14(11)18)19-15(20)12-4-2-3-5-13(12)17/h2-9H,1H3,(H,19,20)/t9-/m1/s1. The van der Waals surface area contributed by atoms with Crippen LogP contribution in [-0.2, 0) is 0 Å². The van der Waals surface area contributed by atoms with Gasteiger partial charge in [0, 0.05) is 11.6 Å². The highest BCUT2D eigenvalue weighted by atomic mass is 19.1. The molecule has 104 valence electrons. The summed E-state index contributed by atoms with van der Waals surface area (Å²) < 4.78 is 39.8. The Balaban J connectivity index is 2.17. The molecule has 5 heteroatoms. The highest BCUT2D eigenvalue weighted by molar-refractivity contribution is 5.94. The molecule has 0 aromatic heterocycles. The number of hydrogen-bond donors (Lipinski definition) is 1. The van der Waals surface area contributed by atoms with Crippen LogP contribution in [-0.4, -0.2) is 5.91 Å². The van der Waals surface area contributed by atoms with Gasteiger partial charge in [0.25, 0.3) is 5.91 Å². The molecule has 2 aromatic rings. The van der Waals surface area contributed by atoms with E-state index in [1.165, 1.54) is 31.2 Å². The molecule has 1 amide bonds. The van der Waals surface area contributed by atoms with E-state index in [0.717, 1.165) is 18.2 Å². The molecular weight excluding hydrogens is 267 g/mol. The molecule has 1 atom stereocenters. The zero-order valence-corrected chi connectivity index (χ0v) is 10.7. The van der Waals surface area contributed by atoms with Crippen LogP contribution in [0.15, 0.2) is 42.5 Å². The van der Waals surface area contributed by atoms with E-state index < -0.39 is 29.4 Å². The van der Waals surface area contributed by atoms with Crippen molar-refractivity contribution in [3.05, 3.63) is 71.0 Å². The number of amides is 1. The maximum Gasteiger partial charge on any atom is 0.254 e. The Bertz CT molecular complexity index is 643. The lowest BCUT2D eigenvalue weighted by atomic mass is 10.1. The molecule has 0 heterocycles. The molecule has 0 spiro atoms. The molecule has 0 saturated carbocycles. The van der Waals surface area contributed by atoms with Gasteiger partial charge in [-0.15, -0.1) is 0 Å². The molecule has 0 fully saturated rings. The van der Waals surface area contributed by atoms with Gasteiger partial charge in [-0.05, 0) is 25.1 Å². The second-order valence-electron chi connectivity index (χ2n) is 4.34. The molecule has 2 aromatic carbocycles. The van der Waals surface area contributed by atoms with Crippen molar-refractivity contribution in [3.8, 4) is 0 Å². The quantitative estimate of drug-likeness (QED) is 0.914. The summed E-state index contributed by atoms with van der Waals surface area (Å²) in [4.78, 5) is 11.9. The summed E-state index contributed by atoms with van der Waals surface area (Å²) in [6, 6.07) is 7.87. The fourth-order valence-corrected chi connectivity index (χ4v) is 1.85. The minimum atomic E-state index is -0.758. The molecule has 0 aliphatic rings. The lowest BCUT2D eigenvalue weighted by molar-refractivity contribution is 0.0935. The zero-order chi connectivity index (χ0) is 14.7. The van der Waals surface area contributed by atoms with Crippen molar-refractivity contribution in [2.24, 2.45) is 0 Å². The van der Waals surface area contributed by atoms with E-state index in [-0.39, 0.29) is 11.1 Å². The molecule has 0 radical (unpaired) electrons. The van der Waals surface area contributed by atoms with Crippen molar-refractivity contribution in [1.82, 2.24) is 5.32 Å². The molecule has 0 saturated heterocycles. The highest BCUT2D eigenvalue weighted by Gasteiger charge is 2.17. The fourth-order valence-electron chi connectivity index (χ4n) is 1.85. The Kier molecular flexibility index (Phi) is 4.08. The summed E-state index contributed by atoms with van der Waals surface area (Å²) in [5, 5.41) is 2.47. The van der Waals surface area contributed by atoms with Crippen molar-refractivity contribution in [2.45, 2.75) is 13.0 Å². The monoisotopic (exact) mass is 279 g/mol. The third-order valence-electron chi connectivity index (χ3n) is 2.90. The van der Waals surface area contributed by atoms with E-state index in [1.54, 1.807) is 0 Å². The van der Waals surface area contributed by atoms with Crippen LogP contribution in [0.2, 0.25) is 0 Å². The lowest BCUT2D eigenvalue weighted by Gasteiger charge is -2.15. The first-order valence-electron chi connectivity index (χ1n) is 5.99. The second kappa shape index (κ2) is 5.77. The maximum atomic E-state index is 13.6.